The molecule has 1 saturated heterocycles. The summed E-state index contributed by atoms with van der Waals surface area (Å²) in [6.45, 7) is 6.23. The molecule has 1 atom stereocenters. The molecule has 0 spiro atoms. The molecule has 1 aromatic carbocycles. The normalized spacial score (nSPS) is 21.7. The van der Waals surface area contributed by atoms with E-state index in [0.717, 1.165) is 5.75 Å². The van der Waals surface area contributed by atoms with Crippen LogP contribution in [0.5, 0.6) is 5.75 Å². The molecule has 0 saturated carbocycles. The van der Waals surface area contributed by atoms with Crippen LogP contribution in [0, 0.1) is 0 Å². The van der Waals surface area contributed by atoms with Gasteiger partial charge in [-0.25, -0.2) is 0 Å². The highest BCUT2D eigenvalue weighted by Crippen LogP contribution is 2.18. The summed E-state index contributed by atoms with van der Waals surface area (Å²) in [7, 11) is 0. The zero-order valence-corrected chi connectivity index (χ0v) is 12.8. The summed E-state index contributed by atoms with van der Waals surface area (Å²) in [6, 6.07) is 9.36. The minimum absolute atomic E-state index is 0.0717. The van der Waals surface area contributed by atoms with E-state index in [4.69, 9.17) is 4.74 Å². The lowest BCUT2D eigenvalue weighted by Crippen LogP contribution is -2.54. The molecule has 0 bridgehead atoms. The van der Waals surface area contributed by atoms with Gasteiger partial charge in [-0.05, 0) is 32.9 Å². The monoisotopic (exact) mass is 290 g/mol. The number of ether oxygens (including phenoxy) is 1. The Bertz CT molecular complexity index is 514. The topological polar surface area (TPSA) is 58.6 Å². The van der Waals surface area contributed by atoms with Gasteiger partial charge in [0.2, 0.25) is 11.8 Å². The van der Waals surface area contributed by atoms with Gasteiger partial charge in [0.1, 0.15) is 17.9 Å². The lowest BCUT2D eigenvalue weighted by Gasteiger charge is -2.31. The fraction of sp³-hybridized carbons (Fsp3) is 0.500. The van der Waals surface area contributed by atoms with Gasteiger partial charge in [0, 0.05) is 12.5 Å². The second-order valence-corrected chi connectivity index (χ2v) is 5.89. The zero-order chi connectivity index (χ0) is 15.5. The Morgan fingerprint density at radius 1 is 1.29 bits per heavy atom. The largest absolute Gasteiger partial charge is 0.492 e. The standard InChI is InChI=1S/C16H22N2O3/c1-12-11-14(19)17-16(2,3)15(20)18(12)9-10-21-13-7-5-4-6-8-13/h4-8,12H,9-11H2,1-3H3,(H,17,19). The van der Waals surface area contributed by atoms with Gasteiger partial charge in [-0.2, -0.15) is 0 Å². The number of nitrogens with zero attached hydrogens (tertiary/aromatic N) is 1. The summed E-state index contributed by atoms with van der Waals surface area (Å²) in [6.07, 6.45) is 0.320. The Balaban J connectivity index is 1.99. The number of benzene rings is 1. The molecule has 0 aliphatic carbocycles. The van der Waals surface area contributed by atoms with E-state index >= 15 is 0 Å². The fourth-order valence-electron chi connectivity index (χ4n) is 2.49. The van der Waals surface area contributed by atoms with E-state index in [0.29, 0.717) is 19.6 Å². The number of nitrogens with one attached hydrogen (secondary N) is 1. The molecule has 5 heteroatoms. The third-order valence-electron chi connectivity index (χ3n) is 3.60. The van der Waals surface area contributed by atoms with Crippen LogP contribution in [0.1, 0.15) is 27.2 Å². The van der Waals surface area contributed by atoms with E-state index in [1.54, 1.807) is 18.7 Å². The summed E-state index contributed by atoms with van der Waals surface area (Å²) in [5.41, 5.74) is -0.866. The molecule has 0 aromatic heterocycles. The van der Waals surface area contributed by atoms with Crippen LogP contribution in [-0.2, 0) is 9.59 Å². The maximum absolute atomic E-state index is 12.5. The van der Waals surface area contributed by atoms with Crippen molar-refractivity contribution in [2.45, 2.75) is 38.8 Å². The summed E-state index contributed by atoms with van der Waals surface area (Å²) in [5, 5.41) is 2.77. The maximum Gasteiger partial charge on any atom is 0.248 e. The summed E-state index contributed by atoms with van der Waals surface area (Å²) in [4.78, 5) is 26.0. The zero-order valence-electron chi connectivity index (χ0n) is 12.8. The molecular formula is C16H22N2O3. The van der Waals surface area contributed by atoms with E-state index in [9.17, 15) is 9.59 Å². The number of rotatable bonds is 4. The van der Waals surface area contributed by atoms with Crippen LogP contribution in [0.25, 0.3) is 0 Å². The average molecular weight is 290 g/mol. The SMILES string of the molecule is CC1CC(=O)NC(C)(C)C(=O)N1CCOc1ccccc1. The first-order chi connectivity index (χ1) is 9.90. The molecular weight excluding hydrogens is 268 g/mol. The Morgan fingerprint density at radius 2 is 1.95 bits per heavy atom. The third kappa shape index (κ3) is 3.74. The second kappa shape index (κ2) is 6.16. The number of amides is 2. The van der Waals surface area contributed by atoms with Crippen molar-refractivity contribution >= 4 is 11.8 Å². The first-order valence-electron chi connectivity index (χ1n) is 7.20. The first-order valence-corrected chi connectivity index (χ1v) is 7.20. The van der Waals surface area contributed by atoms with Crippen molar-refractivity contribution in [1.29, 1.82) is 0 Å². The van der Waals surface area contributed by atoms with Gasteiger partial charge in [-0.15, -0.1) is 0 Å². The smallest absolute Gasteiger partial charge is 0.248 e. The van der Waals surface area contributed by atoms with Crippen LogP contribution in [-0.4, -0.2) is 41.4 Å². The lowest BCUT2D eigenvalue weighted by atomic mass is 10.0. The van der Waals surface area contributed by atoms with Crippen LogP contribution < -0.4 is 10.1 Å². The highest BCUT2D eigenvalue weighted by Gasteiger charge is 2.39. The van der Waals surface area contributed by atoms with Crippen LogP contribution in [0.3, 0.4) is 0 Å². The van der Waals surface area contributed by atoms with Crippen molar-refractivity contribution in [3.63, 3.8) is 0 Å². The van der Waals surface area contributed by atoms with Crippen molar-refractivity contribution in [2.75, 3.05) is 13.2 Å². The number of para-hydroxylation sites is 1. The summed E-state index contributed by atoms with van der Waals surface area (Å²) >= 11 is 0. The Morgan fingerprint density at radius 3 is 2.62 bits per heavy atom. The number of hydrogen-bond donors (Lipinski definition) is 1. The van der Waals surface area contributed by atoms with Gasteiger partial charge >= 0.3 is 0 Å². The van der Waals surface area contributed by atoms with Gasteiger partial charge in [0.25, 0.3) is 0 Å². The fourth-order valence-corrected chi connectivity index (χ4v) is 2.49. The molecule has 1 aliphatic rings. The molecule has 2 amide bonds. The van der Waals surface area contributed by atoms with Gasteiger partial charge in [0.15, 0.2) is 0 Å². The first kappa shape index (κ1) is 15.4. The molecule has 21 heavy (non-hydrogen) atoms. The Hall–Kier alpha value is -2.04. The Labute approximate surface area is 125 Å². The average Bonchev–Trinajstić information content (AvgIpc) is 2.49. The lowest BCUT2D eigenvalue weighted by molar-refractivity contribution is -0.139. The summed E-state index contributed by atoms with van der Waals surface area (Å²) < 4.78 is 5.64. The summed E-state index contributed by atoms with van der Waals surface area (Å²) in [5.74, 6) is 0.616. The van der Waals surface area contributed by atoms with E-state index in [1.807, 2.05) is 37.3 Å². The third-order valence-corrected chi connectivity index (χ3v) is 3.60. The second-order valence-electron chi connectivity index (χ2n) is 5.89. The molecule has 1 fully saturated rings. The van der Waals surface area contributed by atoms with Crippen LogP contribution in [0.15, 0.2) is 30.3 Å². The van der Waals surface area contributed by atoms with Crippen molar-refractivity contribution in [1.82, 2.24) is 10.2 Å². The maximum atomic E-state index is 12.5. The molecule has 1 aliphatic heterocycles. The Kier molecular flexibility index (Phi) is 4.50. The van der Waals surface area contributed by atoms with Crippen molar-refractivity contribution < 1.29 is 14.3 Å². The molecule has 1 heterocycles. The minimum atomic E-state index is -0.866. The molecule has 114 valence electrons. The number of carbonyl (C=O) groups is 2. The number of carbonyl (C=O) groups excluding carboxylic acids is 2. The van der Waals surface area contributed by atoms with E-state index < -0.39 is 5.54 Å². The van der Waals surface area contributed by atoms with Crippen molar-refractivity contribution in [3.05, 3.63) is 30.3 Å². The number of hydrogen-bond acceptors (Lipinski definition) is 3. The quantitative estimate of drug-likeness (QED) is 0.916. The van der Waals surface area contributed by atoms with Gasteiger partial charge < -0.3 is 15.0 Å². The van der Waals surface area contributed by atoms with Crippen LogP contribution >= 0.6 is 0 Å². The molecule has 5 nitrogen and oxygen atoms in total. The predicted octanol–water partition coefficient (Wildman–Crippen LogP) is 1.58. The van der Waals surface area contributed by atoms with Crippen LogP contribution in [0.2, 0.25) is 0 Å². The van der Waals surface area contributed by atoms with Crippen LogP contribution in [0.4, 0.5) is 0 Å². The highest BCUT2D eigenvalue weighted by atomic mass is 16.5. The molecule has 1 unspecified atom stereocenters. The van der Waals surface area contributed by atoms with Gasteiger partial charge in [-0.1, -0.05) is 18.2 Å². The minimum Gasteiger partial charge on any atom is -0.492 e. The molecule has 1 N–H and O–H groups in total. The van der Waals surface area contributed by atoms with E-state index in [1.165, 1.54) is 0 Å². The van der Waals surface area contributed by atoms with Crippen molar-refractivity contribution in [3.8, 4) is 5.75 Å². The molecule has 2 rings (SSSR count). The van der Waals surface area contributed by atoms with Gasteiger partial charge in [0.05, 0.1) is 6.54 Å². The van der Waals surface area contributed by atoms with Crippen molar-refractivity contribution in [2.24, 2.45) is 0 Å². The highest BCUT2D eigenvalue weighted by molar-refractivity contribution is 5.93. The van der Waals surface area contributed by atoms with E-state index in [2.05, 4.69) is 5.32 Å². The molecule has 1 aromatic rings. The molecule has 0 radical (unpaired) electrons. The van der Waals surface area contributed by atoms with E-state index in [-0.39, 0.29) is 17.9 Å². The predicted molar refractivity (Wildman–Crippen MR) is 80.0 cm³/mol. The van der Waals surface area contributed by atoms with Gasteiger partial charge in [-0.3, -0.25) is 9.59 Å².